The van der Waals surface area contributed by atoms with Gasteiger partial charge in [-0.25, -0.2) is 23.5 Å². The predicted octanol–water partition coefficient (Wildman–Crippen LogP) is 1.06. The lowest BCUT2D eigenvalue weighted by atomic mass is 9.64. The van der Waals surface area contributed by atoms with Crippen LogP contribution in [0.5, 0.6) is 5.75 Å². The molecule has 1 aromatic carbocycles. The van der Waals surface area contributed by atoms with Crippen LogP contribution in [0.3, 0.4) is 0 Å². The first-order valence-corrected chi connectivity index (χ1v) is 12.7. The fourth-order valence-corrected chi connectivity index (χ4v) is 6.87. The highest BCUT2D eigenvalue weighted by Crippen LogP contribution is 2.64. The SMILES string of the molecule is Cn1c(=O)n2n(c1=O)[C@@H]1C[C@@]3(Cl)C(=O)N(CBr)C(=O)[C@@]3(Cl)[C@@H](c3ccccc3OCCO)C1=CC2. The fraction of sp³-hybridized carbons (Fsp3) is 0.455. The second-order valence-corrected chi connectivity index (χ2v) is 10.4. The monoisotopic (exact) mass is 586 g/mol. The molecule has 2 amide bonds. The van der Waals surface area contributed by atoms with Crippen molar-refractivity contribution < 1.29 is 19.4 Å². The molecule has 2 fully saturated rings. The van der Waals surface area contributed by atoms with Gasteiger partial charge in [0.25, 0.3) is 11.8 Å². The number of imide groups is 1. The molecule has 10 nitrogen and oxygen atoms in total. The molecule has 0 radical (unpaired) electrons. The van der Waals surface area contributed by atoms with E-state index >= 15 is 0 Å². The number of nitrogens with zero attached hydrogens (tertiary/aromatic N) is 4. The molecule has 2 aliphatic heterocycles. The largest absolute Gasteiger partial charge is 0.491 e. The number of aromatic nitrogens is 3. The summed E-state index contributed by atoms with van der Waals surface area (Å²) in [7, 11) is 1.38. The van der Waals surface area contributed by atoms with Crippen molar-refractivity contribution in [3.63, 3.8) is 0 Å². The van der Waals surface area contributed by atoms with E-state index in [1.54, 1.807) is 30.3 Å². The third-order valence-electron chi connectivity index (χ3n) is 7.05. The molecule has 5 rings (SSSR count). The van der Waals surface area contributed by atoms with Gasteiger partial charge in [0.1, 0.15) is 12.4 Å². The molecule has 2 aromatic rings. The van der Waals surface area contributed by atoms with Gasteiger partial charge in [-0.15, -0.1) is 23.2 Å². The first kappa shape index (κ1) is 24.4. The Hall–Kier alpha value is -2.34. The van der Waals surface area contributed by atoms with Crippen LogP contribution in [0.1, 0.15) is 23.9 Å². The van der Waals surface area contributed by atoms with Gasteiger partial charge < -0.3 is 9.84 Å². The lowest BCUT2D eigenvalue weighted by Crippen LogP contribution is -2.59. The summed E-state index contributed by atoms with van der Waals surface area (Å²) in [4.78, 5) is 50.0. The topological polar surface area (TPSA) is 116 Å². The third-order valence-corrected chi connectivity index (χ3v) is 8.97. The molecule has 0 spiro atoms. The summed E-state index contributed by atoms with van der Waals surface area (Å²) in [5.41, 5.74) is -0.111. The number of alkyl halides is 3. The maximum Gasteiger partial charge on any atom is 0.347 e. The Morgan fingerprint density at radius 1 is 1.14 bits per heavy atom. The number of likely N-dealkylation sites (tertiary alicyclic amines) is 1. The molecular weight excluding hydrogens is 567 g/mol. The van der Waals surface area contributed by atoms with Gasteiger partial charge in [0, 0.05) is 24.9 Å². The van der Waals surface area contributed by atoms with Gasteiger partial charge >= 0.3 is 11.4 Å². The summed E-state index contributed by atoms with van der Waals surface area (Å²) >= 11 is 17.4. The van der Waals surface area contributed by atoms with Crippen molar-refractivity contribution in [2.24, 2.45) is 7.05 Å². The number of allylic oxidation sites excluding steroid dienone is 2. The van der Waals surface area contributed by atoms with E-state index in [4.69, 9.17) is 27.9 Å². The number of benzene rings is 1. The first-order valence-electron chi connectivity index (χ1n) is 10.8. The number of carbonyl (C=O) groups excluding carboxylic acids is 2. The first-order chi connectivity index (χ1) is 16.6. The Kier molecular flexibility index (Phi) is 5.82. The Morgan fingerprint density at radius 3 is 2.54 bits per heavy atom. The molecule has 1 N–H and O–H groups in total. The number of aliphatic hydroxyl groups excluding tert-OH is 1. The minimum atomic E-state index is -1.93. The Labute approximate surface area is 217 Å². The van der Waals surface area contributed by atoms with Crippen molar-refractivity contribution in [2.45, 2.75) is 34.7 Å². The number of hydrogen-bond acceptors (Lipinski definition) is 6. The van der Waals surface area contributed by atoms with Crippen molar-refractivity contribution in [2.75, 3.05) is 18.7 Å². The number of fused-ring (bicyclic) bond motifs is 4. The molecule has 3 aliphatic rings. The normalized spacial score (nSPS) is 29.5. The molecule has 3 heterocycles. The van der Waals surface area contributed by atoms with Crippen LogP contribution >= 0.6 is 39.1 Å². The number of ether oxygens (including phenoxy) is 1. The Balaban J connectivity index is 1.80. The number of para-hydroxylation sites is 1. The zero-order valence-electron chi connectivity index (χ0n) is 18.5. The van der Waals surface area contributed by atoms with Crippen LogP contribution in [0.4, 0.5) is 0 Å². The molecule has 35 heavy (non-hydrogen) atoms. The number of halogens is 3. The van der Waals surface area contributed by atoms with Crippen molar-refractivity contribution in [1.29, 1.82) is 0 Å². The summed E-state index contributed by atoms with van der Waals surface area (Å²) in [6.07, 6.45) is 1.59. The summed E-state index contributed by atoms with van der Waals surface area (Å²) in [6.45, 7) is -0.175. The molecule has 4 atom stereocenters. The van der Waals surface area contributed by atoms with E-state index in [1.807, 2.05) is 0 Å². The molecule has 1 aromatic heterocycles. The van der Waals surface area contributed by atoms with Crippen molar-refractivity contribution >= 4 is 50.9 Å². The standard InChI is InChI=1S/C22H21BrCl2N4O6/c1-26-19(33)28-7-6-12-14(29(28)20(26)34)10-21(24)17(31)27(11-23)18(32)22(21,25)16(12)13-4-2-3-5-15(13)35-9-8-30/h2-6,14,16,30H,7-11H2,1H3/t14-,16-,21-,22+/m1/s1. The van der Waals surface area contributed by atoms with E-state index in [2.05, 4.69) is 15.9 Å². The van der Waals surface area contributed by atoms with Crippen LogP contribution < -0.4 is 16.1 Å². The maximum atomic E-state index is 13.7. The minimum Gasteiger partial charge on any atom is -0.491 e. The van der Waals surface area contributed by atoms with E-state index in [0.717, 1.165) is 9.47 Å². The minimum absolute atomic E-state index is 0.00833. The van der Waals surface area contributed by atoms with Gasteiger partial charge in [-0.1, -0.05) is 40.2 Å². The number of rotatable bonds is 5. The van der Waals surface area contributed by atoms with Crippen LogP contribution in [-0.4, -0.2) is 64.2 Å². The van der Waals surface area contributed by atoms with E-state index < -0.39 is 44.9 Å². The van der Waals surface area contributed by atoms with Gasteiger partial charge in [-0.05, 0) is 11.6 Å². The van der Waals surface area contributed by atoms with Crippen molar-refractivity contribution in [1.82, 2.24) is 18.8 Å². The molecular formula is C22H21BrCl2N4O6. The fourth-order valence-electron chi connectivity index (χ4n) is 5.48. The van der Waals surface area contributed by atoms with E-state index in [1.165, 1.54) is 16.4 Å². The highest BCUT2D eigenvalue weighted by molar-refractivity contribution is 9.09. The number of hydrogen-bond donors (Lipinski definition) is 1. The summed E-state index contributed by atoms with van der Waals surface area (Å²) in [5.74, 6) is -1.96. The average molecular weight is 588 g/mol. The lowest BCUT2D eigenvalue weighted by Gasteiger charge is -2.49. The van der Waals surface area contributed by atoms with Crippen LogP contribution in [0.25, 0.3) is 0 Å². The highest BCUT2D eigenvalue weighted by atomic mass is 79.9. The molecule has 0 unspecified atom stereocenters. The Morgan fingerprint density at radius 2 is 1.86 bits per heavy atom. The molecule has 1 saturated carbocycles. The number of amides is 2. The second-order valence-electron chi connectivity index (χ2n) is 8.69. The van der Waals surface area contributed by atoms with Gasteiger partial charge in [0.2, 0.25) is 0 Å². The zero-order chi connectivity index (χ0) is 25.3. The number of carbonyl (C=O) groups is 2. The van der Waals surface area contributed by atoms with Gasteiger partial charge in [0.15, 0.2) is 9.75 Å². The quantitative estimate of drug-likeness (QED) is 0.242. The predicted molar refractivity (Wildman–Crippen MR) is 130 cm³/mol. The molecule has 0 bridgehead atoms. The second kappa shape index (κ2) is 8.36. The molecule has 186 valence electrons. The van der Waals surface area contributed by atoms with Crippen LogP contribution in [-0.2, 0) is 23.2 Å². The molecule has 1 saturated heterocycles. The van der Waals surface area contributed by atoms with Crippen LogP contribution in [0.2, 0.25) is 0 Å². The van der Waals surface area contributed by atoms with Gasteiger partial charge in [-0.2, -0.15) is 0 Å². The maximum absolute atomic E-state index is 13.7. The van der Waals surface area contributed by atoms with Crippen molar-refractivity contribution in [3.8, 4) is 5.75 Å². The number of aliphatic hydroxyl groups is 1. The van der Waals surface area contributed by atoms with Gasteiger partial charge in [-0.3, -0.25) is 14.5 Å². The van der Waals surface area contributed by atoms with Crippen molar-refractivity contribution in [3.05, 3.63) is 62.4 Å². The van der Waals surface area contributed by atoms with Gasteiger partial charge in [0.05, 0.1) is 24.6 Å². The van der Waals surface area contributed by atoms with Crippen LogP contribution in [0.15, 0.2) is 45.5 Å². The summed E-state index contributed by atoms with van der Waals surface area (Å²) in [5, 5.41) is 9.30. The smallest absolute Gasteiger partial charge is 0.347 e. The molecule has 1 aliphatic carbocycles. The molecule has 13 heteroatoms. The summed E-state index contributed by atoms with van der Waals surface area (Å²) in [6, 6.07) is 6.04. The third kappa shape index (κ3) is 3.04. The van der Waals surface area contributed by atoms with E-state index in [9.17, 15) is 24.3 Å². The Bertz CT molecular complexity index is 1400. The van der Waals surface area contributed by atoms with E-state index in [-0.39, 0.29) is 31.6 Å². The average Bonchev–Trinajstić information content (AvgIpc) is 3.16. The van der Waals surface area contributed by atoms with Crippen LogP contribution in [0, 0.1) is 0 Å². The van der Waals surface area contributed by atoms with E-state index in [0.29, 0.717) is 16.9 Å². The summed E-state index contributed by atoms with van der Waals surface area (Å²) < 4.78 is 9.31. The zero-order valence-corrected chi connectivity index (χ0v) is 21.6. The highest BCUT2D eigenvalue weighted by Gasteiger charge is 2.75. The lowest BCUT2D eigenvalue weighted by molar-refractivity contribution is -0.138.